The Bertz CT molecular complexity index is 1010. The summed E-state index contributed by atoms with van der Waals surface area (Å²) in [7, 11) is 4.97. The third-order valence-corrected chi connectivity index (χ3v) is 4.85. The van der Waals surface area contributed by atoms with E-state index in [4.69, 9.17) is 18.6 Å². The maximum Gasteiger partial charge on any atom is 0.203 e. The number of aliphatic imine (C=N–C) groups is 1. The number of halogens is 1. The molecule has 8 heteroatoms. The lowest BCUT2D eigenvalue weighted by Crippen LogP contribution is -2.36. The van der Waals surface area contributed by atoms with Crippen LogP contribution < -0.4 is 24.8 Å². The molecule has 2 aromatic carbocycles. The van der Waals surface area contributed by atoms with E-state index in [1.165, 1.54) is 0 Å². The van der Waals surface area contributed by atoms with Crippen molar-refractivity contribution in [2.75, 3.05) is 27.9 Å². The van der Waals surface area contributed by atoms with Gasteiger partial charge in [0.15, 0.2) is 17.5 Å². The maximum atomic E-state index is 5.96. The van der Waals surface area contributed by atoms with Crippen LogP contribution in [0.15, 0.2) is 45.8 Å². The summed E-state index contributed by atoms with van der Waals surface area (Å²) < 4.78 is 22.6. The van der Waals surface area contributed by atoms with Crippen LogP contribution in [0.3, 0.4) is 0 Å². The number of nitrogens with zero attached hydrogens (tertiary/aromatic N) is 1. The lowest BCUT2D eigenvalue weighted by molar-refractivity contribution is 0.288. The second kappa shape index (κ2) is 11.7. The summed E-state index contributed by atoms with van der Waals surface area (Å²) in [4.78, 5) is 4.30. The van der Waals surface area contributed by atoms with Crippen molar-refractivity contribution >= 4 is 40.9 Å². The number of para-hydroxylation sites is 1. The number of furan rings is 1. The van der Waals surface area contributed by atoms with Crippen LogP contribution in [0.2, 0.25) is 0 Å². The Morgan fingerprint density at radius 3 is 2.26 bits per heavy atom. The van der Waals surface area contributed by atoms with E-state index in [9.17, 15) is 0 Å². The minimum absolute atomic E-state index is 0. The Morgan fingerprint density at radius 2 is 1.68 bits per heavy atom. The van der Waals surface area contributed by atoms with Crippen LogP contribution in [0.5, 0.6) is 17.2 Å². The number of guanidine groups is 1. The molecule has 0 aliphatic heterocycles. The van der Waals surface area contributed by atoms with Crippen LogP contribution >= 0.6 is 24.0 Å². The molecule has 0 unspecified atom stereocenters. The van der Waals surface area contributed by atoms with Gasteiger partial charge in [0.25, 0.3) is 0 Å². The molecule has 168 valence electrons. The molecule has 0 saturated heterocycles. The fourth-order valence-corrected chi connectivity index (χ4v) is 3.29. The second-order valence-electron chi connectivity index (χ2n) is 6.69. The number of rotatable bonds is 8. The molecule has 2 N–H and O–H groups in total. The van der Waals surface area contributed by atoms with Gasteiger partial charge in [-0.15, -0.1) is 24.0 Å². The van der Waals surface area contributed by atoms with Gasteiger partial charge >= 0.3 is 0 Å². The molecule has 0 saturated carbocycles. The van der Waals surface area contributed by atoms with E-state index in [2.05, 4.69) is 28.6 Å². The average molecular weight is 539 g/mol. The Labute approximate surface area is 200 Å². The topological polar surface area (TPSA) is 77.3 Å². The molecule has 0 radical (unpaired) electrons. The van der Waals surface area contributed by atoms with Crippen molar-refractivity contribution < 1.29 is 18.6 Å². The highest BCUT2D eigenvalue weighted by Crippen LogP contribution is 2.38. The van der Waals surface area contributed by atoms with Gasteiger partial charge in [0, 0.05) is 24.5 Å². The number of methoxy groups -OCH3 is 2. The predicted octanol–water partition coefficient (Wildman–Crippen LogP) is 4.64. The first-order valence-corrected chi connectivity index (χ1v) is 9.90. The monoisotopic (exact) mass is 539 g/mol. The number of ether oxygens (including phenoxy) is 3. The van der Waals surface area contributed by atoms with E-state index in [-0.39, 0.29) is 24.0 Å². The van der Waals surface area contributed by atoms with Gasteiger partial charge in [0.1, 0.15) is 11.3 Å². The van der Waals surface area contributed by atoms with Crippen molar-refractivity contribution in [3.05, 3.63) is 53.3 Å². The Hall–Kier alpha value is -2.62. The molecule has 3 rings (SSSR count). The van der Waals surface area contributed by atoms with Gasteiger partial charge in [-0.1, -0.05) is 18.2 Å². The highest BCUT2D eigenvalue weighted by Gasteiger charge is 2.14. The number of aryl methyl sites for hydroxylation is 1. The van der Waals surface area contributed by atoms with Crippen LogP contribution in [0, 0.1) is 6.92 Å². The zero-order valence-corrected chi connectivity index (χ0v) is 20.9. The number of benzene rings is 2. The van der Waals surface area contributed by atoms with Gasteiger partial charge in [-0.05, 0) is 37.6 Å². The summed E-state index contributed by atoms with van der Waals surface area (Å²) in [6.45, 7) is 5.60. The number of fused-ring (bicyclic) bond motifs is 1. The number of nitrogens with one attached hydrogen (secondary N) is 2. The molecule has 0 fully saturated rings. The summed E-state index contributed by atoms with van der Waals surface area (Å²) in [5.74, 6) is 3.43. The molecular weight excluding hydrogens is 509 g/mol. The molecule has 31 heavy (non-hydrogen) atoms. The highest BCUT2D eigenvalue weighted by atomic mass is 127. The van der Waals surface area contributed by atoms with Crippen molar-refractivity contribution in [3.63, 3.8) is 0 Å². The second-order valence-corrected chi connectivity index (χ2v) is 6.69. The molecule has 0 amide bonds. The molecule has 0 bridgehead atoms. The van der Waals surface area contributed by atoms with E-state index in [1.54, 1.807) is 21.3 Å². The molecule has 0 aliphatic carbocycles. The lowest BCUT2D eigenvalue weighted by atomic mass is 10.1. The largest absolute Gasteiger partial charge is 0.493 e. The van der Waals surface area contributed by atoms with Gasteiger partial charge in [-0.2, -0.15) is 0 Å². The smallest absolute Gasteiger partial charge is 0.203 e. The van der Waals surface area contributed by atoms with Crippen molar-refractivity contribution in [1.82, 2.24) is 10.6 Å². The van der Waals surface area contributed by atoms with Crippen LogP contribution in [0.1, 0.15) is 23.8 Å². The van der Waals surface area contributed by atoms with Crippen LogP contribution in [0.25, 0.3) is 11.0 Å². The fourth-order valence-electron chi connectivity index (χ4n) is 3.29. The Morgan fingerprint density at radius 1 is 1.03 bits per heavy atom. The minimum atomic E-state index is 0. The fraction of sp³-hybridized carbons (Fsp3) is 0.348. The van der Waals surface area contributed by atoms with E-state index >= 15 is 0 Å². The Balaban J connectivity index is 0.00000341. The quantitative estimate of drug-likeness (QED) is 0.247. The summed E-state index contributed by atoms with van der Waals surface area (Å²) in [6.07, 6.45) is 0. The SMILES string of the molecule is CCOc1c(OC)cc(CNC(=NC)NCc2oc3ccccc3c2C)cc1OC.I. The first-order valence-electron chi connectivity index (χ1n) is 9.90. The molecule has 3 aromatic rings. The van der Waals surface area contributed by atoms with E-state index in [0.29, 0.717) is 42.9 Å². The van der Waals surface area contributed by atoms with Crippen LogP contribution in [0.4, 0.5) is 0 Å². The van der Waals surface area contributed by atoms with Gasteiger partial charge in [-0.25, -0.2) is 0 Å². The highest BCUT2D eigenvalue weighted by molar-refractivity contribution is 14.0. The van der Waals surface area contributed by atoms with E-state index in [0.717, 1.165) is 27.9 Å². The molecule has 0 atom stereocenters. The summed E-state index contributed by atoms with van der Waals surface area (Å²) in [6, 6.07) is 11.9. The normalized spacial score (nSPS) is 11.1. The first-order chi connectivity index (χ1) is 14.6. The van der Waals surface area contributed by atoms with E-state index < -0.39 is 0 Å². The van der Waals surface area contributed by atoms with Gasteiger partial charge in [0.2, 0.25) is 5.75 Å². The molecule has 1 aromatic heterocycles. The number of hydrogen-bond acceptors (Lipinski definition) is 5. The molecule has 0 aliphatic rings. The molecule has 0 spiro atoms. The van der Waals surface area contributed by atoms with Gasteiger partial charge < -0.3 is 29.3 Å². The van der Waals surface area contributed by atoms with E-state index in [1.807, 2.05) is 37.3 Å². The van der Waals surface area contributed by atoms with Crippen molar-refractivity contribution in [3.8, 4) is 17.2 Å². The van der Waals surface area contributed by atoms with Crippen molar-refractivity contribution in [2.45, 2.75) is 26.9 Å². The zero-order valence-electron chi connectivity index (χ0n) is 18.6. The summed E-state index contributed by atoms with van der Waals surface area (Å²) in [5.41, 5.74) is 3.01. The van der Waals surface area contributed by atoms with Gasteiger partial charge in [0.05, 0.1) is 27.4 Å². The van der Waals surface area contributed by atoms with Crippen molar-refractivity contribution in [2.24, 2.45) is 4.99 Å². The molecule has 1 heterocycles. The molecular formula is C23H30IN3O4. The molecule has 7 nitrogen and oxygen atoms in total. The van der Waals surface area contributed by atoms with Crippen molar-refractivity contribution in [1.29, 1.82) is 0 Å². The van der Waals surface area contributed by atoms with Crippen LogP contribution in [-0.4, -0.2) is 33.8 Å². The van der Waals surface area contributed by atoms with Crippen LogP contribution in [-0.2, 0) is 13.1 Å². The first kappa shape index (κ1) is 24.6. The van der Waals surface area contributed by atoms with Gasteiger partial charge in [-0.3, -0.25) is 4.99 Å². The predicted molar refractivity (Wildman–Crippen MR) is 134 cm³/mol. The average Bonchev–Trinajstić information content (AvgIpc) is 3.10. The maximum absolute atomic E-state index is 5.96. The summed E-state index contributed by atoms with van der Waals surface area (Å²) >= 11 is 0. The zero-order chi connectivity index (χ0) is 21.5. The Kier molecular flexibility index (Phi) is 9.29. The summed E-state index contributed by atoms with van der Waals surface area (Å²) in [5, 5.41) is 7.74. The number of hydrogen-bond donors (Lipinski definition) is 2. The standard InChI is InChI=1S/C23H29N3O4.HI/c1-6-29-22-19(27-4)11-16(12-20(22)28-5)13-25-23(24-3)26-14-21-15(2)17-9-7-8-10-18(17)30-21;/h7-12H,6,13-14H2,1-5H3,(H2,24,25,26);1H. The third kappa shape index (κ3) is 5.75. The third-order valence-electron chi connectivity index (χ3n) is 4.85. The minimum Gasteiger partial charge on any atom is -0.493 e. The lowest BCUT2D eigenvalue weighted by Gasteiger charge is -2.16.